The third-order valence-electron chi connectivity index (χ3n) is 2.88. The molecule has 9 heteroatoms. The van der Waals surface area contributed by atoms with Gasteiger partial charge in [-0.3, -0.25) is 4.57 Å². The first-order chi connectivity index (χ1) is 13.0. The summed E-state index contributed by atoms with van der Waals surface area (Å²) in [7, 11) is -7.01. The third-order valence-corrected chi connectivity index (χ3v) is 4.18. The monoisotopic (exact) mass is 408 g/mol. The molecule has 0 unspecified atom stereocenters. The number of hydrogen-bond donors (Lipinski definition) is 2. The largest absolute Gasteiger partial charge is 0.647 e. The number of para-hydroxylation sites is 3. The second kappa shape index (κ2) is 10.6. The third kappa shape index (κ3) is 8.11. The van der Waals surface area contributed by atoms with Crippen molar-refractivity contribution in [2.24, 2.45) is 0 Å². The quantitative estimate of drug-likeness (QED) is 0.571. The van der Waals surface area contributed by atoms with E-state index in [1.807, 2.05) is 18.2 Å². The number of hydrogen-bond acceptors (Lipinski definition) is 5. The highest BCUT2D eigenvalue weighted by molar-refractivity contribution is 7.49. The lowest BCUT2D eigenvalue weighted by atomic mass is 10.3. The van der Waals surface area contributed by atoms with Crippen molar-refractivity contribution in [1.29, 1.82) is 0 Å². The molecule has 2 N–H and O–H groups in total. The summed E-state index contributed by atoms with van der Waals surface area (Å²) in [6.07, 6.45) is 0. The fourth-order valence-electron chi connectivity index (χ4n) is 1.89. The number of benzene rings is 3. The normalized spacial score (nSPS) is 10.5. The Kier molecular flexibility index (Phi) is 8.11. The summed E-state index contributed by atoms with van der Waals surface area (Å²) in [5.41, 5.74) is 0. The highest BCUT2D eigenvalue weighted by atomic mass is 31.2. The molecule has 0 aliphatic carbocycles. The summed E-state index contributed by atoms with van der Waals surface area (Å²) in [4.78, 5) is 14.3. The van der Waals surface area contributed by atoms with Crippen LogP contribution >= 0.6 is 16.1 Å². The topological polar surface area (TPSA) is 102 Å². The zero-order chi connectivity index (χ0) is 19.5. The Labute approximate surface area is 157 Å². The summed E-state index contributed by atoms with van der Waals surface area (Å²) in [6, 6.07) is 26.4. The van der Waals surface area contributed by atoms with Gasteiger partial charge in [0.15, 0.2) is 0 Å². The average Bonchev–Trinajstić information content (AvgIpc) is 2.63. The molecule has 0 aliphatic rings. The first-order valence-corrected chi connectivity index (χ1v) is 10.5. The van der Waals surface area contributed by atoms with Crippen LogP contribution in [0.1, 0.15) is 0 Å². The molecule has 3 aromatic carbocycles. The Morgan fingerprint density at radius 3 is 1.04 bits per heavy atom. The molecule has 3 aromatic rings. The van der Waals surface area contributed by atoms with Gasteiger partial charge in [-0.1, -0.05) is 54.6 Å². The lowest BCUT2D eigenvalue weighted by Gasteiger charge is -2.19. The van der Waals surface area contributed by atoms with E-state index in [9.17, 15) is 4.57 Å². The molecule has 0 saturated carbocycles. The summed E-state index contributed by atoms with van der Waals surface area (Å²) >= 11 is 0. The fraction of sp³-hybridized carbons (Fsp3) is 0. The number of rotatable bonds is 6. The lowest BCUT2D eigenvalue weighted by molar-refractivity contribution is 0.298. The summed E-state index contributed by atoms with van der Waals surface area (Å²) in [6.45, 7) is 0. The van der Waals surface area contributed by atoms with E-state index in [0.29, 0.717) is 17.2 Å². The molecule has 0 aliphatic heterocycles. The van der Waals surface area contributed by atoms with Crippen LogP contribution in [-0.2, 0) is 9.13 Å². The van der Waals surface area contributed by atoms with Crippen molar-refractivity contribution in [3.63, 3.8) is 0 Å². The van der Waals surface area contributed by atoms with Crippen LogP contribution < -0.4 is 13.6 Å². The van der Waals surface area contributed by atoms with E-state index in [4.69, 9.17) is 27.9 Å². The molecule has 0 saturated heterocycles. The van der Waals surface area contributed by atoms with E-state index in [1.165, 1.54) is 0 Å². The molecule has 0 aromatic heterocycles. The van der Waals surface area contributed by atoms with Crippen LogP contribution in [0.25, 0.3) is 0 Å². The Morgan fingerprint density at radius 1 is 0.593 bits per heavy atom. The van der Waals surface area contributed by atoms with Crippen LogP contribution in [0.4, 0.5) is 0 Å². The van der Waals surface area contributed by atoms with Crippen molar-refractivity contribution in [2.75, 3.05) is 0 Å². The molecule has 7 nitrogen and oxygen atoms in total. The molecule has 3 rings (SSSR count). The minimum atomic E-state index is -3.89. The van der Waals surface area contributed by atoms with Gasteiger partial charge in [-0.2, -0.15) is 4.57 Å². The van der Waals surface area contributed by atoms with Gasteiger partial charge in [0.1, 0.15) is 17.2 Å². The van der Waals surface area contributed by atoms with Gasteiger partial charge in [-0.15, -0.1) is 0 Å². The molecule has 27 heavy (non-hydrogen) atoms. The first-order valence-electron chi connectivity index (χ1n) is 7.73. The molecule has 0 radical (unpaired) electrons. The Hall–Kier alpha value is -2.56. The Bertz CT molecular complexity index is 762. The number of phosphoric ester groups is 1. The fourth-order valence-corrected chi connectivity index (χ4v) is 3.14. The maximum Gasteiger partial charge on any atom is 0.647 e. The molecule has 0 bridgehead atoms. The molecule has 0 fully saturated rings. The van der Waals surface area contributed by atoms with Gasteiger partial charge in [0.25, 0.3) is 0 Å². The van der Waals surface area contributed by atoms with E-state index in [2.05, 4.69) is 0 Å². The van der Waals surface area contributed by atoms with Crippen molar-refractivity contribution in [3.8, 4) is 17.2 Å². The highest BCUT2D eigenvalue weighted by Gasteiger charge is 2.33. The van der Waals surface area contributed by atoms with Gasteiger partial charge in [-0.05, 0) is 36.4 Å². The standard InChI is InChI=1S/C18H15O4P.H3O3P/c19-23(20-16-10-4-1-5-11-16,21-17-12-6-2-7-13-17)22-18-14-8-3-9-15-18;1-4(2)3/h1-15H;4H,(H2,1,2,3). The second-order valence-electron chi connectivity index (χ2n) is 4.94. The van der Waals surface area contributed by atoms with Crippen LogP contribution in [0.15, 0.2) is 91.0 Å². The van der Waals surface area contributed by atoms with Gasteiger partial charge in [0, 0.05) is 0 Å². The maximum absolute atomic E-state index is 13.1. The zero-order valence-electron chi connectivity index (χ0n) is 14.0. The molecule has 142 valence electrons. The van der Waals surface area contributed by atoms with Gasteiger partial charge >= 0.3 is 16.1 Å². The van der Waals surface area contributed by atoms with E-state index in [0.717, 1.165) is 0 Å². The smallest absolute Gasteiger partial charge is 0.386 e. The highest BCUT2D eigenvalue weighted by Crippen LogP contribution is 2.49. The predicted molar refractivity (Wildman–Crippen MR) is 102 cm³/mol. The Morgan fingerprint density at radius 2 is 0.815 bits per heavy atom. The van der Waals surface area contributed by atoms with Crippen LogP contribution in [0.2, 0.25) is 0 Å². The van der Waals surface area contributed by atoms with Crippen molar-refractivity contribution >= 4 is 16.1 Å². The average molecular weight is 408 g/mol. The van der Waals surface area contributed by atoms with E-state index in [-0.39, 0.29) is 0 Å². The molecule has 0 atom stereocenters. The molecule has 0 spiro atoms. The van der Waals surface area contributed by atoms with Crippen molar-refractivity contribution in [2.45, 2.75) is 0 Å². The minimum absolute atomic E-state index is 0.405. The van der Waals surface area contributed by atoms with E-state index < -0.39 is 16.1 Å². The lowest BCUT2D eigenvalue weighted by Crippen LogP contribution is -2.07. The van der Waals surface area contributed by atoms with Crippen molar-refractivity contribution in [3.05, 3.63) is 91.0 Å². The Balaban J connectivity index is 0.000000596. The first kappa shape index (κ1) is 20.7. The summed E-state index contributed by atoms with van der Waals surface area (Å²) in [5, 5.41) is 0. The van der Waals surface area contributed by atoms with Crippen LogP contribution in [-0.4, -0.2) is 9.79 Å². The van der Waals surface area contributed by atoms with Gasteiger partial charge < -0.3 is 23.4 Å². The van der Waals surface area contributed by atoms with Crippen LogP contribution in [0.5, 0.6) is 17.2 Å². The molecular formula is C18H18O7P2. The van der Waals surface area contributed by atoms with Crippen molar-refractivity contribution in [1.82, 2.24) is 0 Å². The van der Waals surface area contributed by atoms with E-state index >= 15 is 0 Å². The zero-order valence-corrected chi connectivity index (χ0v) is 15.9. The van der Waals surface area contributed by atoms with Gasteiger partial charge in [-0.25, -0.2) is 0 Å². The van der Waals surface area contributed by atoms with Crippen molar-refractivity contribution < 1.29 is 32.5 Å². The molecular weight excluding hydrogens is 390 g/mol. The van der Waals surface area contributed by atoms with Crippen LogP contribution in [0, 0.1) is 0 Å². The van der Waals surface area contributed by atoms with Crippen LogP contribution in [0.3, 0.4) is 0 Å². The SMILES string of the molecule is O=P(Oc1ccccc1)(Oc1ccccc1)Oc1ccccc1.O=[PH](O)O. The summed E-state index contributed by atoms with van der Waals surface area (Å²) in [5.74, 6) is 1.22. The maximum atomic E-state index is 13.1. The van der Waals surface area contributed by atoms with Gasteiger partial charge in [0.2, 0.25) is 0 Å². The minimum Gasteiger partial charge on any atom is -0.386 e. The molecule has 0 amide bonds. The number of phosphoric acid groups is 1. The van der Waals surface area contributed by atoms with Gasteiger partial charge in [0.05, 0.1) is 0 Å². The second-order valence-corrected chi connectivity index (χ2v) is 6.95. The van der Waals surface area contributed by atoms with E-state index in [1.54, 1.807) is 72.8 Å². The summed E-state index contributed by atoms with van der Waals surface area (Å²) < 4.78 is 38.4. The molecule has 0 heterocycles. The predicted octanol–water partition coefficient (Wildman–Crippen LogP) is 4.69.